The third-order valence-corrected chi connectivity index (χ3v) is 5.85. The highest BCUT2D eigenvalue weighted by Crippen LogP contribution is 2.19. The van der Waals surface area contributed by atoms with E-state index in [1.165, 1.54) is 4.88 Å². The quantitative estimate of drug-likeness (QED) is 0.846. The molecule has 26 heavy (non-hydrogen) atoms. The van der Waals surface area contributed by atoms with Gasteiger partial charge in [-0.3, -0.25) is 4.98 Å². The first-order valence-electron chi connectivity index (χ1n) is 9.29. The SMILES string of the molecule is CC(Cc1cccs1)NC(=O)N(Cc1ccncc1)C1CCN(C)CC1. The number of piperidine rings is 1. The van der Waals surface area contributed by atoms with Gasteiger partial charge >= 0.3 is 6.03 Å². The minimum atomic E-state index is 0.0421. The number of pyridine rings is 1. The summed E-state index contributed by atoms with van der Waals surface area (Å²) in [7, 11) is 2.15. The molecule has 0 aliphatic carbocycles. The van der Waals surface area contributed by atoms with E-state index in [1.54, 1.807) is 23.7 Å². The molecule has 6 heteroatoms. The van der Waals surface area contributed by atoms with Crippen LogP contribution in [0.1, 0.15) is 30.2 Å². The molecule has 140 valence electrons. The largest absolute Gasteiger partial charge is 0.335 e. The van der Waals surface area contributed by atoms with Gasteiger partial charge in [-0.25, -0.2) is 4.79 Å². The molecule has 2 aromatic heterocycles. The molecule has 1 saturated heterocycles. The van der Waals surface area contributed by atoms with Crippen LogP contribution >= 0.6 is 11.3 Å². The molecular weight excluding hydrogens is 344 g/mol. The Morgan fingerprint density at radius 3 is 2.73 bits per heavy atom. The lowest BCUT2D eigenvalue weighted by atomic mass is 10.0. The van der Waals surface area contributed by atoms with Crippen LogP contribution in [0.2, 0.25) is 0 Å². The van der Waals surface area contributed by atoms with E-state index in [4.69, 9.17) is 0 Å². The Kier molecular flexibility index (Phi) is 6.63. The fourth-order valence-corrected chi connectivity index (χ4v) is 4.27. The van der Waals surface area contributed by atoms with Crippen molar-refractivity contribution in [3.8, 4) is 0 Å². The van der Waals surface area contributed by atoms with Gasteiger partial charge in [0, 0.05) is 42.3 Å². The average Bonchev–Trinajstić information content (AvgIpc) is 3.14. The molecule has 1 aliphatic rings. The molecule has 0 aromatic carbocycles. The molecule has 2 aromatic rings. The minimum Gasteiger partial charge on any atom is -0.335 e. The number of rotatable bonds is 6. The van der Waals surface area contributed by atoms with E-state index in [9.17, 15) is 4.79 Å². The number of urea groups is 1. The van der Waals surface area contributed by atoms with E-state index in [0.717, 1.165) is 37.9 Å². The topological polar surface area (TPSA) is 48.5 Å². The van der Waals surface area contributed by atoms with Crippen molar-refractivity contribution < 1.29 is 4.79 Å². The highest BCUT2D eigenvalue weighted by molar-refractivity contribution is 7.09. The van der Waals surface area contributed by atoms with Gasteiger partial charge in [0.2, 0.25) is 0 Å². The second-order valence-corrected chi connectivity index (χ2v) is 8.18. The molecule has 1 fully saturated rings. The van der Waals surface area contributed by atoms with E-state index in [2.05, 4.69) is 46.7 Å². The summed E-state index contributed by atoms with van der Waals surface area (Å²) in [5.41, 5.74) is 1.12. The number of nitrogens with zero attached hydrogens (tertiary/aromatic N) is 3. The fourth-order valence-electron chi connectivity index (χ4n) is 3.43. The van der Waals surface area contributed by atoms with Crippen molar-refractivity contribution in [2.45, 2.75) is 44.8 Å². The van der Waals surface area contributed by atoms with Gasteiger partial charge in [-0.15, -0.1) is 11.3 Å². The highest BCUT2D eigenvalue weighted by atomic mass is 32.1. The smallest absolute Gasteiger partial charge is 0.318 e. The van der Waals surface area contributed by atoms with Gasteiger partial charge in [0.25, 0.3) is 0 Å². The molecule has 1 unspecified atom stereocenters. The normalized spacial score (nSPS) is 17.0. The molecular formula is C20H28N4OS. The number of likely N-dealkylation sites (tertiary alicyclic amines) is 1. The zero-order valence-electron chi connectivity index (χ0n) is 15.6. The van der Waals surface area contributed by atoms with Gasteiger partial charge in [-0.2, -0.15) is 0 Å². The van der Waals surface area contributed by atoms with Crippen LogP contribution in [-0.4, -0.2) is 53.0 Å². The number of carbonyl (C=O) groups excluding carboxylic acids is 1. The van der Waals surface area contributed by atoms with Crippen LogP contribution in [-0.2, 0) is 13.0 Å². The van der Waals surface area contributed by atoms with Crippen molar-refractivity contribution in [3.63, 3.8) is 0 Å². The molecule has 5 nitrogen and oxygen atoms in total. The zero-order valence-corrected chi connectivity index (χ0v) is 16.4. The Morgan fingerprint density at radius 1 is 1.35 bits per heavy atom. The maximum atomic E-state index is 13.1. The lowest BCUT2D eigenvalue weighted by molar-refractivity contribution is 0.125. The fraction of sp³-hybridized carbons (Fsp3) is 0.500. The Labute approximate surface area is 160 Å². The predicted molar refractivity (Wildman–Crippen MR) is 106 cm³/mol. The number of nitrogens with one attached hydrogen (secondary N) is 1. The summed E-state index contributed by atoms with van der Waals surface area (Å²) < 4.78 is 0. The first-order chi connectivity index (χ1) is 12.6. The summed E-state index contributed by atoms with van der Waals surface area (Å²) in [6.45, 7) is 4.79. The van der Waals surface area contributed by atoms with Crippen molar-refractivity contribution in [1.29, 1.82) is 0 Å². The molecule has 2 amide bonds. The van der Waals surface area contributed by atoms with E-state index >= 15 is 0 Å². The van der Waals surface area contributed by atoms with Crippen LogP contribution in [0.25, 0.3) is 0 Å². The number of hydrogen-bond donors (Lipinski definition) is 1. The summed E-state index contributed by atoms with van der Waals surface area (Å²) in [5, 5.41) is 5.29. The predicted octanol–water partition coefficient (Wildman–Crippen LogP) is 3.38. The van der Waals surface area contributed by atoms with E-state index in [0.29, 0.717) is 6.54 Å². The summed E-state index contributed by atoms with van der Waals surface area (Å²) in [6, 6.07) is 8.61. The van der Waals surface area contributed by atoms with Crippen molar-refractivity contribution in [3.05, 3.63) is 52.5 Å². The molecule has 3 heterocycles. The van der Waals surface area contributed by atoms with Crippen molar-refractivity contribution in [1.82, 2.24) is 20.1 Å². The Balaban J connectivity index is 1.66. The Morgan fingerprint density at radius 2 is 2.08 bits per heavy atom. The average molecular weight is 373 g/mol. The molecule has 3 rings (SSSR count). The Bertz CT molecular complexity index is 668. The van der Waals surface area contributed by atoms with Crippen molar-refractivity contribution >= 4 is 17.4 Å². The van der Waals surface area contributed by atoms with Gasteiger partial charge in [-0.1, -0.05) is 6.07 Å². The van der Waals surface area contributed by atoms with Gasteiger partial charge in [-0.05, 0) is 69.0 Å². The first-order valence-corrected chi connectivity index (χ1v) is 10.2. The number of aromatic nitrogens is 1. The van der Waals surface area contributed by atoms with E-state index in [1.807, 2.05) is 17.0 Å². The summed E-state index contributed by atoms with van der Waals surface area (Å²) in [5.74, 6) is 0. The van der Waals surface area contributed by atoms with Crippen LogP contribution in [0.3, 0.4) is 0 Å². The van der Waals surface area contributed by atoms with Crippen LogP contribution in [0.15, 0.2) is 42.0 Å². The second kappa shape index (κ2) is 9.14. The lowest BCUT2D eigenvalue weighted by Gasteiger charge is -2.38. The summed E-state index contributed by atoms with van der Waals surface area (Å²) in [4.78, 5) is 22.8. The van der Waals surface area contributed by atoms with Crippen LogP contribution in [0.4, 0.5) is 4.79 Å². The molecule has 0 bridgehead atoms. The summed E-state index contributed by atoms with van der Waals surface area (Å²) in [6.07, 6.45) is 6.50. The number of hydrogen-bond acceptors (Lipinski definition) is 4. The maximum absolute atomic E-state index is 13.1. The summed E-state index contributed by atoms with van der Waals surface area (Å²) >= 11 is 1.74. The van der Waals surface area contributed by atoms with E-state index in [-0.39, 0.29) is 18.1 Å². The lowest BCUT2D eigenvalue weighted by Crippen LogP contribution is -2.51. The van der Waals surface area contributed by atoms with Gasteiger partial charge in [0.1, 0.15) is 0 Å². The Hall–Kier alpha value is -1.92. The van der Waals surface area contributed by atoms with Gasteiger partial charge < -0.3 is 15.1 Å². The van der Waals surface area contributed by atoms with Crippen molar-refractivity contribution in [2.24, 2.45) is 0 Å². The second-order valence-electron chi connectivity index (χ2n) is 7.15. The van der Waals surface area contributed by atoms with Crippen LogP contribution in [0, 0.1) is 0 Å². The molecule has 1 aliphatic heterocycles. The number of carbonyl (C=O) groups is 1. The molecule has 0 saturated carbocycles. The molecule has 1 N–H and O–H groups in total. The standard InChI is InChI=1S/C20H28N4OS/c1-16(14-19-4-3-13-26-19)22-20(25)24(15-17-5-9-21-10-6-17)18-7-11-23(2)12-8-18/h3-6,9-10,13,16,18H,7-8,11-12,14-15H2,1-2H3,(H,22,25). The zero-order chi connectivity index (χ0) is 18.4. The maximum Gasteiger partial charge on any atom is 0.318 e. The monoisotopic (exact) mass is 372 g/mol. The number of amides is 2. The van der Waals surface area contributed by atoms with Gasteiger partial charge in [0.15, 0.2) is 0 Å². The highest BCUT2D eigenvalue weighted by Gasteiger charge is 2.27. The third kappa shape index (κ3) is 5.29. The molecule has 1 atom stereocenters. The third-order valence-electron chi connectivity index (χ3n) is 4.95. The first kappa shape index (κ1) is 18.9. The van der Waals surface area contributed by atoms with Gasteiger partial charge in [0.05, 0.1) is 0 Å². The minimum absolute atomic E-state index is 0.0421. The molecule has 0 radical (unpaired) electrons. The van der Waals surface area contributed by atoms with Crippen LogP contribution < -0.4 is 5.32 Å². The van der Waals surface area contributed by atoms with E-state index < -0.39 is 0 Å². The van der Waals surface area contributed by atoms with Crippen LogP contribution in [0.5, 0.6) is 0 Å². The number of thiophene rings is 1. The van der Waals surface area contributed by atoms with Crippen molar-refractivity contribution in [2.75, 3.05) is 20.1 Å². The molecule has 0 spiro atoms.